The summed E-state index contributed by atoms with van der Waals surface area (Å²) in [6, 6.07) is 10.8. The third-order valence-corrected chi connectivity index (χ3v) is 5.31. The van der Waals surface area contributed by atoms with Crippen LogP contribution in [0, 0.1) is 5.92 Å². The molecule has 0 amide bonds. The van der Waals surface area contributed by atoms with Crippen LogP contribution in [0.5, 0.6) is 0 Å². The SMILES string of the molecule is CCNC(c1ccc(-c2ccc(Cl)cc2Br)s1)C(C)C. The van der Waals surface area contributed by atoms with E-state index < -0.39 is 0 Å². The van der Waals surface area contributed by atoms with Gasteiger partial charge in [0.1, 0.15) is 0 Å². The molecule has 2 rings (SSSR count). The predicted molar refractivity (Wildman–Crippen MR) is 93.7 cm³/mol. The van der Waals surface area contributed by atoms with Gasteiger partial charge in [-0.15, -0.1) is 11.3 Å². The van der Waals surface area contributed by atoms with Crippen molar-refractivity contribution in [2.75, 3.05) is 6.54 Å². The van der Waals surface area contributed by atoms with Crippen molar-refractivity contribution in [2.45, 2.75) is 26.8 Å². The molecule has 1 unspecified atom stereocenters. The highest BCUT2D eigenvalue weighted by molar-refractivity contribution is 9.10. The van der Waals surface area contributed by atoms with Gasteiger partial charge in [0.25, 0.3) is 0 Å². The monoisotopic (exact) mass is 371 g/mol. The second kappa shape index (κ2) is 7.08. The van der Waals surface area contributed by atoms with Gasteiger partial charge in [0, 0.05) is 30.9 Å². The maximum Gasteiger partial charge on any atom is 0.0438 e. The zero-order valence-electron chi connectivity index (χ0n) is 11.9. The summed E-state index contributed by atoms with van der Waals surface area (Å²) in [5, 5.41) is 4.32. The van der Waals surface area contributed by atoms with Crippen molar-refractivity contribution < 1.29 is 0 Å². The molecule has 1 N–H and O–H groups in total. The van der Waals surface area contributed by atoms with Gasteiger partial charge in [-0.3, -0.25) is 0 Å². The smallest absolute Gasteiger partial charge is 0.0438 e. The van der Waals surface area contributed by atoms with Gasteiger partial charge in [-0.25, -0.2) is 0 Å². The first-order valence-corrected chi connectivity index (χ1v) is 8.80. The maximum atomic E-state index is 6.01. The van der Waals surface area contributed by atoms with E-state index >= 15 is 0 Å². The first-order valence-electron chi connectivity index (χ1n) is 6.81. The molecule has 108 valence electrons. The van der Waals surface area contributed by atoms with Crippen LogP contribution in [0.2, 0.25) is 5.02 Å². The van der Waals surface area contributed by atoms with Gasteiger partial charge >= 0.3 is 0 Å². The molecule has 0 spiro atoms. The molecule has 20 heavy (non-hydrogen) atoms. The minimum atomic E-state index is 0.421. The third-order valence-electron chi connectivity index (χ3n) is 3.22. The molecule has 2 aromatic rings. The van der Waals surface area contributed by atoms with E-state index in [9.17, 15) is 0 Å². The van der Waals surface area contributed by atoms with Crippen molar-refractivity contribution in [2.24, 2.45) is 5.92 Å². The number of benzene rings is 1. The van der Waals surface area contributed by atoms with Gasteiger partial charge in [-0.05, 0) is 36.7 Å². The Bertz CT molecular complexity index is 580. The summed E-state index contributed by atoms with van der Waals surface area (Å²) in [7, 11) is 0. The molecule has 1 atom stereocenters. The fraction of sp³-hybridized carbons (Fsp3) is 0.375. The normalized spacial score (nSPS) is 12.9. The molecule has 1 aromatic heterocycles. The number of halogens is 2. The van der Waals surface area contributed by atoms with Crippen LogP contribution in [0.25, 0.3) is 10.4 Å². The summed E-state index contributed by atoms with van der Waals surface area (Å²) < 4.78 is 1.04. The zero-order valence-corrected chi connectivity index (χ0v) is 15.1. The van der Waals surface area contributed by atoms with Crippen molar-refractivity contribution in [1.82, 2.24) is 5.32 Å². The largest absolute Gasteiger partial charge is 0.309 e. The van der Waals surface area contributed by atoms with Gasteiger partial charge < -0.3 is 5.32 Å². The van der Waals surface area contributed by atoms with Crippen LogP contribution >= 0.6 is 38.9 Å². The van der Waals surface area contributed by atoms with Gasteiger partial charge in [0.15, 0.2) is 0 Å². The van der Waals surface area contributed by atoms with E-state index in [1.54, 1.807) is 0 Å². The van der Waals surface area contributed by atoms with Crippen molar-refractivity contribution in [3.8, 4) is 10.4 Å². The van der Waals surface area contributed by atoms with Gasteiger partial charge in [0.2, 0.25) is 0 Å². The van der Waals surface area contributed by atoms with Crippen molar-refractivity contribution in [1.29, 1.82) is 0 Å². The number of hydrogen-bond donors (Lipinski definition) is 1. The molecule has 0 bridgehead atoms. The summed E-state index contributed by atoms with van der Waals surface area (Å²) in [5.74, 6) is 0.579. The topological polar surface area (TPSA) is 12.0 Å². The van der Waals surface area contributed by atoms with E-state index in [0.717, 1.165) is 16.0 Å². The molecule has 1 aromatic carbocycles. The van der Waals surface area contributed by atoms with Crippen molar-refractivity contribution in [3.05, 3.63) is 44.7 Å². The number of thiophene rings is 1. The highest BCUT2D eigenvalue weighted by Gasteiger charge is 2.17. The Morgan fingerprint density at radius 2 is 2.00 bits per heavy atom. The Balaban J connectivity index is 2.32. The van der Waals surface area contributed by atoms with Crippen LogP contribution in [0.1, 0.15) is 31.7 Å². The van der Waals surface area contributed by atoms with Gasteiger partial charge in [-0.1, -0.05) is 54.4 Å². The van der Waals surface area contributed by atoms with E-state index in [0.29, 0.717) is 12.0 Å². The molecule has 0 saturated heterocycles. The average molecular weight is 373 g/mol. The highest BCUT2D eigenvalue weighted by atomic mass is 79.9. The van der Waals surface area contributed by atoms with Crippen LogP contribution in [0.3, 0.4) is 0 Å². The molecule has 0 aliphatic carbocycles. The molecular formula is C16H19BrClNS. The summed E-state index contributed by atoms with van der Waals surface area (Å²) in [6.07, 6.45) is 0. The fourth-order valence-corrected chi connectivity index (χ4v) is 4.56. The van der Waals surface area contributed by atoms with E-state index in [1.165, 1.54) is 15.3 Å². The summed E-state index contributed by atoms with van der Waals surface area (Å²) in [4.78, 5) is 2.66. The van der Waals surface area contributed by atoms with Crippen molar-refractivity contribution >= 4 is 38.9 Å². The molecule has 4 heteroatoms. The maximum absolute atomic E-state index is 6.01. The molecule has 1 nitrogen and oxygen atoms in total. The van der Waals surface area contributed by atoms with E-state index in [-0.39, 0.29) is 0 Å². The summed E-state index contributed by atoms with van der Waals surface area (Å²) >= 11 is 11.4. The highest BCUT2D eigenvalue weighted by Crippen LogP contribution is 2.38. The van der Waals surface area contributed by atoms with E-state index in [2.05, 4.69) is 60.2 Å². The Morgan fingerprint density at radius 1 is 1.25 bits per heavy atom. The van der Waals surface area contributed by atoms with Gasteiger partial charge in [0.05, 0.1) is 0 Å². The minimum Gasteiger partial charge on any atom is -0.309 e. The second-order valence-corrected chi connectivity index (χ2v) is 7.51. The van der Waals surface area contributed by atoms with Crippen LogP contribution in [-0.2, 0) is 0 Å². The second-order valence-electron chi connectivity index (χ2n) is 5.11. The Kier molecular flexibility index (Phi) is 5.67. The van der Waals surface area contributed by atoms with Crippen LogP contribution in [-0.4, -0.2) is 6.54 Å². The lowest BCUT2D eigenvalue weighted by atomic mass is 10.0. The first kappa shape index (κ1) is 16.0. The average Bonchev–Trinajstić information content (AvgIpc) is 2.84. The number of rotatable bonds is 5. The first-order chi connectivity index (χ1) is 9.52. The van der Waals surface area contributed by atoms with E-state index in [1.807, 2.05) is 23.5 Å². The number of nitrogens with one attached hydrogen (secondary N) is 1. The summed E-state index contributed by atoms with van der Waals surface area (Å²) in [6.45, 7) is 7.65. The van der Waals surface area contributed by atoms with Gasteiger partial charge in [-0.2, -0.15) is 0 Å². The number of hydrogen-bond acceptors (Lipinski definition) is 2. The lowest BCUT2D eigenvalue weighted by Gasteiger charge is -2.20. The fourth-order valence-electron chi connectivity index (χ4n) is 2.24. The molecule has 0 fully saturated rings. The van der Waals surface area contributed by atoms with Crippen LogP contribution in [0.15, 0.2) is 34.8 Å². The standard InChI is InChI=1S/C16H19BrClNS/c1-4-19-16(10(2)3)15-8-7-14(20-15)12-6-5-11(18)9-13(12)17/h5-10,16,19H,4H2,1-3H3. The summed E-state index contributed by atoms with van der Waals surface area (Å²) in [5.41, 5.74) is 1.20. The lowest BCUT2D eigenvalue weighted by molar-refractivity contribution is 0.428. The molecule has 0 aliphatic rings. The minimum absolute atomic E-state index is 0.421. The zero-order chi connectivity index (χ0) is 14.7. The Labute approximate surface area is 138 Å². The van der Waals surface area contributed by atoms with E-state index in [4.69, 9.17) is 11.6 Å². The van der Waals surface area contributed by atoms with Crippen LogP contribution < -0.4 is 5.32 Å². The molecule has 1 heterocycles. The Morgan fingerprint density at radius 3 is 2.60 bits per heavy atom. The quantitative estimate of drug-likeness (QED) is 0.665. The molecule has 0 radical (unpaired) electrons. The molecule has 0 aliphatic heterocycles. The Hall–Kier alpha value is -0.350. The van der Waals surface area contributed by atoms with Crippen molar-refractivity contribution in [3.63, 3.8) is 0 Å². The molecule has 0 saturated carbocycles. The molecular weight excluding hydrogens is 354 g/mol. The van der Waals surface area contributed by atoms with Crippen LogP contribution in [0.4, 0.5) is 0 Å². The lowest BCUT2D eigenvalue weighted by Crippen LogP contribution is -2.24. The predicted octanol–water partition coefficient (Wildman–Crippen LogP) is 6.14. The third kappa shape index (κ3) is 3.64.